The average molecular weight is 531 g/mol. The van der Waals surface area contributed by atoms with Crippen molar-refractivity contribution in [1.82, 2.24) is 4.90 Å². The van der Waals surface area contributed by atoms with E-state index >= 15 is 0 Å². The quantitative estimate of drug-likeness (QED) is 0.383. The van der Waals surface area contributed by atoms with Crippen molar-refractivity contribution in [2.45, 2.75) is 19.3 Å². The monoisotopic (exact) mass is 530 g/mol. The smallest absolute Gasteiger partial charge is 0.257 e. The number of nitrogens with zero attached hydrogens (tertiary/aromatic N) is 2. The molecule has 10 heteroatoms. The van der Waals surface area contributed by atoms with Crippen LogP contribution in [0.1, 0.15) is 40.7 Å². The van der Waals surface area contributed by atoms with E-state index < -0.39 is 5.41 Å². The molecular formula is C29H34N6O4. The molecular weight excluding hydrogens is 496 g/mol. The molecule has 204 valence electrons. The van der Waals surface area contributed by atoms with E-state index in [1.807, 2.05) is 12.1 Å². The minimum atomic E-state index is -0.515. The van der Waals surface area contributed by atoms with Crippen molar-refractivity contribution in [2.75, 3.05) is 38.8 Å². The SMILES string of the molecule is COc1cc(/C(C=N)=C/N)ccc1C(=O)N1CCC2(CC1)CCN(c1ccc(/C(C=N)=C/N)c(OC)c1)C2=O. The Labute approximate surface area is 227 Å². The highest BCUT2D eigenvalue weighted by molar-refractivity contribution is 6.10. The van der Waals surface area contributed by atoms with Crippen LogP contribution in [0.25, 0.3) is 11.1 Å². The van der Waals surface area contributed by atoms with Crippen LogP contribution in [0.5, 0.6) is 11.5 Å². The van der Waals surface area contributed by atoms with Gasteiger partial charge in [-0.25, -0.2) is 0 Å². The third-order valence-corrected chi connectivity index (χ3v) is 7.76. The second kappa shape index (κ2) is 11.4. The summed E-state index contributed by atoms with van der Waals surface area (Å²) in [5, 5.41) is 15.1. The van der Waals surface area contributed by atoms with Crippen LogP contribution in [0.15, 0.2) is 48.8 Å². The minimum Gasteiger partial charge on any atom is -0.496 e. The van der Waals surface area contributed by atoms with Crippen molar-refractivity contribution in [3.63, 3.8) is 0 Å². The molecule has 0 aliphatic carbocycles. The fraction of sp³-hybridized carbons (Fsp3) is 0.310. The number of nitrogens with two attached hydrogens (primary N) is 2. The maximum atomic E-state index is 13.7. The van der Waals surface area contributed by atoms with Gasteiger partial charge in [0.05, 0.1) is 25.2 Å². The van der Waals surface area contributed by atoms with Gasteiger partial charge >= 0.3 is 0 Å². The number of piperidine rings is 1. The second-order valence-electron chi connectivity index (χ2n) is 9.61. The van der Waals surface area contributed by atoms with Gasteiger partial charge < -0.3 is 41.6 Å². The standard InChI is InChI=1S/C29H34N6O4/c1-38-25-13-19(20(15-30)16-31)3-5-24(25)27(36)34-10-7-29(8-11-34)9-12-35(28(29)37)22-4-6-23(21(17-32)18-33)26(14-22)39-2/h3-6,13-18,30,32H,7-12,31,33H2,1-2H3/b20-16+,21-18+,30-15?,32-17?. The lowest BCUT2D eigenvalue weighted by Crippen LogP contribution is -2.46. The molecule has 2 fully saturated rings. The highest BCUT2D eigenvalue weighted by atomic mass is 16.5. The largest absolute Gasteiger partial charge is 0.496 e. The first-order valence-corrected chi connectivity index (χ1v) is 12.7. The summed E-state index contributed by atoms with van der Waals surface area (Å²) in [5.74, 6) is 0.853. The first kappa shape index (κ1) is 27.4. The zero-order valence-corrected chi connectivity index (χ0v) is 22.2. The van der Waals surface area contributed by atoms with E-state index in [1.165, 1.54) is 19.5 Å². The van der Waals surface area contributed by atoms with Crippen molar-refractivity contribution in [1.29, 1.82) is 10.8 Å². The van der Waals surface area contributed by atoms with E-state index in [1.54, 1.807) is 41.2 Å². The number of carbonyl (C=O) groups is 2. The number of amides is 2. The van der Waals surface area contributed by atoms with E-state index in [9.17, 15) is 9.59 Å². The van der Waals surface area contributed by atoms with Crippen LogP contribution >= 0.6 is 0 Å². The maximum Gasteiger partial charge on any atom is 0.257 e. The molecule has 1 spiro atoms. The molecule has 6 N–H and O–H groups in total. The summed E-state index contributed by atoms with van der Waals surface area (Å²) >= 11 is 0. The van der Waals surface area contributed by atoms with Crippen molar-refractivity contribution < 1.29 is 19.1 Å². The van der Waals surface area contributed by atoms with E-state index in [-0.39, 0.29) is 11.8 Å². The molecule has 0 radical (unpaired) electrons. The Morgan fingerprint density at radius 1 is 0.872 bits per heavy atom. The zero-order chi connectivity index (χ0) is 28.2. The van der Waals surface area contributed by atoms with Gasteiger partial charge in [0.1, 0.15) is 11.5 Å². The van der Waals surface area contributed by atoms with E-state index in [4.69, 9.17) is 31.8 Å². The lowest BCUT2D eigenvalue weighted by molar-refractivity contribution is -0.127. The molecule has 2 aliphatic heterocycles. The third kappa shape index (κ3) is 4.97. The van der Waals surface area contributed by atoms with Gasteiger partial charge in [0.15, 0.2) is 0 Å². The van der Waals surface area contributed by atoms with Crippen LogP contribution in [-0.2, 0) is 4.79 Å². The Balaban J connectivity index is 1.48. The fourth-order valence-electron chi connectivity index (χ4n) is 5.42. The van der Waals surface area contributed by atoms with Gasteiger partial charge in [-0.1, -0.05) is 6.07 Å². The number of nitrogens with one attached hydrogen (secondary N) is 2. The van der Waals surface area contributed by atoms with Crippen LogP contribution in [0, 0.1) is 16.2 Å². The Bertz CT molecular complexity index is 1360. The topological polar surface area (TPSA) is 159 Å². The molecule has 4 rings (SSSR count). The lowest BCUT2D eigenvalue weighted by atomic mass is 9.77. The summed E-state index contributed by atoms with van der Waals surface area (Å²) in [6.45, 7) is 1.51. The molecule has 2 aromatic rings. The fourth-order valence-corrected chi connectivity index (χ4v) is 5.42. The number of anilines is 1. The number of allylic oxidation sites excluding steroid dienone is 2. The summed E-state index contributed by atoms with van der Waals surface area (Å²) in [5.41, 5.74) is 14.3. The van der Waals surface area contributed by atoms with Crippen LogP contribution in [0.3, 0.4) is 0 Å². The predicted octanol–water partition coefficient (Wildman–Crippen LogP) is 3.26. The van der Waals surface area contributed by atoms with Crippen molar-refractivity contribution in [3.8, 4) is 11.5 Å². The number of rotatable bonds is 8. The molecule has 0 saturated carbocycles. The van der Waals surface area contributed by atoms with Gasteiger partial charge in [-0.05, 0) is 49.1 Å². The number of hydrogen-bond acceptors (Lipinski definition) is 8. The molecule has 2 saturated heterocycles. The van der Waals surface area contributed by atoms with Crippen LogP contribution < -0.4 is 25.8 Å². The van der Waals surface area contributed by atoms with Crippen LogP contribution in [-0.4, -0.2) is 63.0 Å². The number of ether oxygens (including phenoxy) is 2. The Hall–Kier alpha value is -4.60. The van der Waals surface area contributed by atoms with Gasteiger partial charge in [0.2, 0.25) is 5.91 Å². The van der Waals surface area contributed by atoms with Gasteiger partial charge in [-0.2, -0.15) is 0 Å². The first-order valence-electron chi connectivity index (χ1n) is 12.7. The summed E-state index contributed by atoms with van der Waals surface area (Å²) in [4.78, 5) is 30.6. The molecule has 2 amide bonds. The number of methoxy groups -OCH3 is 2. The summed E-state index contributed by atoms with van der Waals surface area (Å²) < 4.78 is 11.0. The van der Waals surface area contributed by atoms with Crippen molar-refractivity contribution in [2.24, 2.45) is 16.9 Å². The molecule has 2 aliphatic rings. The molecule has 0 atom stereocenters. The maximum absolute atomic E-state index is 13.7. The number of carbonyl (C=O) groups excluding carboxylic acids is 2. The van der Waals surface area contributed by atoms with Gasteiger partial charge in [0, 0.05) is 72.9 Å². The van der Waals surface area contributed by atoms with E-state index in [0.717, 1.165) is 18.1 Å². The number of hydrogen-bond donors (Lipinski definition) is 4. The van der Waals surface area contributed by atoms with Crippen molar-refractivity contribution >= 4 is 41.1 Å². The first-order chi connectivity index (χ1) is 18.9. The third-order valence-electron chi connectivity index (χ3n) is 7.76. The zero-order valence-electron chi connectivity index (χ0n) is 22.2. The second-order valence-corrected chi connectivity index (χ2v) is 9.61. The Kier molecular flexibility index (Phi) is 8.04. The van der Waals surface area contributed by atoms with Crippen LogP contribution in [0.4, 0.5) is 5.69 Å². The molecule has 2 heterocycles. The van der Waals surface area contributed by atoms with Gasteiger partial charge in [-0.3, -0.25) is 9.59 Å². The summed E-state index contributed by atoms with van der Waals surface area (Å²) in [6.07, 6.45) is 6.86. The Morgan fingerprint density at radius 2 is 1.46 bits per heavy atom. The van der Waals surface area contributed by atoms with Crippen molar-refractivity contribution in [3.05, 3.63) is 65.5 Å². The molecule has 39 heavy (non-hydrogen) atoms. The predicted molar refractivity (Wildman–Crippen MR) is 152 cm³/mol. The molecule has 2 aromatic carbocycles. The molecule has 10 nitrogen and oxygen atoms in total. The van der Waals surface area contributed by atoms with E-state index in [2.05, 4.69) is 0 Å². The summed E-state index contributed by atoms with van der Waals surface area (Å²) in [6, 6.07) is 10.6. The van der Waals surface area contributed by atoms with E-state index in [0.29, 0.717) is 78.2 Å². The molecule has 0 aromatic heterocycles. The Morgan fingerprint density at radius 3 is 2.05 bits per heavy atom. The van der Waals surface area contributed by atoms with Crippen LogP contribution in [0.2, 0.25) is 0 Å². The normalized spacial score (nSPS) is 17.3. The highest BCUT2D eigenvalue weighted by Gasteiger charge is 2.49. The molecule has 0 bridgehead atoms. The number of benzene rings is 2. The minimum absolute atomic E-state index is 0.0562. The molecule has 0 unspecified atom stereocenters. The highest BCUT2D eigenvalue weighted by Crippen LogP contribution is 2.44. The average Bonchev–Trinajstić information content (AvgIpc) is 3.29. The van der Waals surface area contributed by atoms with Gasteiger partial charge in [-0.15, -0.1) is 0 Å². The summed E-state index contributed by atoms with van der Waals surface area (Å²) in [7, 11) is 3.05. The van der Waals surface area contributed by atoms with Gasteiger partial charge in [0.25, 0.3) is 5.91 Å². The lowest BCUT2D eigenvalue weighted by Gasteiger charge is -2.38. The number of likely N-dealkylation sites (tertiary alicyclic amines) is 1.